The highest BCUT2D eigenvalue weighted by molar-refractivity contribution is 9.10. The van der Waals surface area contributed by atoms with E-state index in [-0.39, 0.29) is 10.8 Å². The van der Waals surface area contributed by atoms with E-state index in [0.717, 1.165) is 23.7 Å². The quantitative estimate of drug-likeness (QED) is 0.864. The van der Waals surface area contributed by atoms with Crippen molar-refractivity contribution in [3.8, 4) is 0 Å². The van der Waals surface area contributed by atoms with E-state index in [1.54, 1.807) is 0 Å². The van der Waals surface area contributed by atoms with E-state index in [4.69, 9.17) is 4.98 Å². The van der Waals surface area contributed by atoms with E-state index in [2.05, 4.69) is 48.6 Å². The predicted octanol–water partition coefficient (Wildman–Crippen LogP) is 4.03. The van der Waals surface area contributed by atoms with E-state index >= 15 is 0 Å². The van der Waals surface area contributed by atoms with Gasteiger partial charge in [0.2, 0.25) is 0 Å². The number of nitrogens with one attached hydrogen (secondary N) is 1. The molecule has 0 bridgehead atoms. The van der Waals surface area contributed by atoms with Crippen molar-refractivity contribution < 1.29 is 0 Å². The Hall–Kier alpha value is 0.0600. The van der Waals surface area contributed by atoms with Gasteiger partial charge in [0.05, 0.1) is 10.9 Å². The Bertz CT molecular complexity index is 532. The number of halogens is 1. The molecule has 0 saturated carbocycles. The number of thioether (sulfide) groups is 2. The molecule has 20 heavy (non-hydrogen) atoms. The van der Waals surface area contributed by atoms with Crippen LogP contribution in [0.25, 0.3) is 0 Å². The summed E-state index contributed by atoms with van der Waals surface area (Å²) in [5.41, 5.74) is 0.832. The molecule has 3 nitrogen and oxygen atoms in total. The van der Waals surface area contributed by atoms with Crippen molar-refractivity contribution in [1.29, 1.82) is 0 Å². The fourth-order valence-corrected chi connectivity index (χ4v) is 5.34. The van der Waals surface area contributed by atoms with Crippen LogP contribution in [-0.4, -0.2) is 26.2 Å². The van der Waals surface area contributed by atoms with Gasteiger partial charge in [0.25, 0.3) is 5.56 Å². The van der Waals surface area contributed by atoms with Gasteiger partial charge in [-0.05, 0) is 28.3 Å². The van der Waals surface area contributed by atoms with Crippen LogP contribution in [0.4, 0.5) is 0 Å². The highest BCUT2D eigenvalue weighted by atomic mass is 79.9. The first-order valence-corrected chi connectivity index (χ1v) is 9.72. The monoisotopic (exact) mass is 376 g/mol. The lowest BCUT2D eigenvalue weighted by atomic mass is 10.1. The molecule has 3 unspecified atom stereocenters. The number of rotatable bonds is 3. The van der Waals surface area contributed by atoms with Gasteiger partial charge >= 0.3 is 0 Å². The second kappa shape index (κ2) is 6.88. The van der Waals surface area contributed by atoms with Crippen molar-refractivity contribution in [2.24, 2.45) is 5.92 Å². The summed E-state index contributed by atoms with van der Waals surface area (Å²) in [7, 11) is 0. The Morgan fingerprint density at radius 1 is 1.40 bits per heavy atom. The van der Waals surface area contributed by atoms with Gasteiger partial charge in [0, 0.05) is 16.3 Å². The van der Waals surface area contributed by atoms with Crippen molar-refractivity contribution >= 4 is 39.5 Å². The second-order valence-electron chi connectivity index (χ2n) is 5.68. The van der Waals surface area contributed by atoms with Crippen LogP contribution in [-0.2, 0) is 6.42 Å². The van der Waals surface area contributed by atoms with Gasteiger partial charge in [-0.1, -0.05) is 27.7 Å². The first-order valence-electron chi connectivity index (χ1n) is 6.94. The van der Waals surface area contributed by atoms with Crippen LogP contribution >= 0.6 is 39.5 Å². The van der Waals surface area contributed by atoms with E-state index in [1.807, 2.05) is 23.5 Å². The van der Waals surface area contributed by atoms with Gasteiger partial charge in [-0.3, -0.25) is 4.79 Å². The van der Waals surface area contributed by atoms with E-state index in [1.165, 1.54) is 0 Å². The molecule has 1 saturated heterocycles. The largest absolute Gasteiger partial charge is 0.309 e. The molecular formula is C14H21BrN2OS2. The summed E-state index contributed by atoms with van der Waals surface area (Å²) in [6.45, 7) is 8.80. The minimum Gasteiger partial charge on any atom is -0.309 e. The van der Waals surface area contributed by atoms with Gasteiger partial charge in [-0.2, -0.15) is 11.8 Å². The van der Waals surface area contributed by atoms with Crippen molar-refractivity contribution in [2.45, 2.75) is 49.9 Å². The first-order chi connectivity index (χ1) is 9.38. The number of hydrogen-bond donors (Lipinski definition) is 1. The average Bonchev–Trinajstić information content (AvgIpc) is 2.37. The third-order valence-electron chi connectivity index (χ3n) is 3.41. The van der Waals surface area contributed by atoms with Crippen LogP contribution < -0.4 is 5.56 Å². The first kappa shape index (κ1) is 16.4. The lowest BCUT2D eigenvalue weighted by molar-refractivity contribution is 0.626. The SMILES string of the molecule is CC(C)Cc1nc(C2CSC(C)C(C)S2)[nH]c(=O)c1Br. The molecule has 1 aliphatic rings. The molecule has 0 amide bonds. The van der Waals surface area contributed by atoms with E-state index < -0.39 is 0 Å². The van der Waals surface area contributed by atoms with E-state index in [0.29, 0.717) is 20.9 Å². The van der Waals surface area contributed by atoms with Crippen LogP contribution in [0.2, 0.25) is 0 Å². The van der Waals surface area contributed by atoms with Crippen molar-refractivity contribution in [2.75, 3.05) is 5.75 Å². The van der Waals surface area contributed by atoms with Crippen molar-refractivity contribution in [3.63, 3.8) is 0 Å². The number of H-pyrrole nitrogens is 1. The predicted molar refractivity (Wildman–Crippen MR) is 92.8 cm³/mol. The fraction of sp³-hybridized carbons (Fsp3) is 0.714. The third-order valence-corrected chi connectivity index (χ3v) is 7.62. The highest BCUT2D eigenvalue weighted by Gasteiger charge is 2.28. The summed E-state index contributed by atoms with van der Waals surface area (Å²) in [6, 6.07) is 0. The van der Waals surface area contributed by atoms with Crippen LogP contribution in [0.1, 0.15) is 44.5 Å². The third kappa shape index (κ3) is 3.83. The average molecular weight is 377 g/mol. The Morgan fingerprint density at radius 2 is 2.10 bits per heavy atom. The molecule has 112 valence electrons. The molecule has 1 aromatic rings. The van der Waals surface area contributed by atoms with Gasteiger partial charge in [-0.15, -0.1) is 11.8 Å². The smallest absolute Gasteiger partial charge is 0.265 e. The summed E-state index contributed by atoms with van der Waals surface area (Å²) >= 11 is 7.26. The molecule has 6 heteroatoms. The zero-order valence-electron chi connectivity index (χ0n) is 12.3. The summed E-state index contributed by atoms with van der Waals surface area (Å²) in [6.07, 6.45) is 0.827. The molecule has 0 radical (unpaired) electrons. The summed E-state index contributed by atoms with van der Waals surface area (Å²) < 4.78 is 0.588. The number of hydrogen-bond acceptors (Lipinski definition) is 4. The van der Waals surface area contributed by atoms with Gasteiger partial charge in [0.15, 0.2) is 0 Å². The minimum atomic E-state index is -0.0532. The maximum absolute atomic E-state index is 12.1. The van der Waals surface area contributed by atoms with Crippen LogP contribution in [0, 0.1) is 5.92 Å². The molecule has 1 aliphatic heterocycles. The summed E-state index contributed by atoms with van der Waals surface area (Å²) in [4.78, 5) is 19.7. The molecular weight excluding hydrogens is 356 g/mol. The van der Waals surface area contributed by atoms with Crippen molar-refractivity contribution in [1.82, 2.24) is 9.97 Å². The minimum absolute atomic E-state index is 0.0532. The Kier molecular flexibility index (Phi) is 5.65. The summed E-state index contributed by atoms with van der Waals surface area (Å²) in [5, 5.41) is 1.53. The zero-order valence-corrected chi connectivity index (χ0v) is 15.5. The van der Waals surface area contributed by atoms with Crippen LogP contribution in [0.15, 0.2) is 9.27 Å². The number of aromatic amines is 1. The molecule has 1 aromatic heterocycles. The van der Waals surface area contributed by atoms with Crippen LogP contribution in [0.3, 0.4) is 0 Å². The zero-order chi connectivity index (χ0) is 14.9. The van der Waals surface area contributed by atoms with Crippen LogP contribution in [0.5, 0.6) is 0 Å². The van der Waals surface area contributed by atoms with E-state index in [9.17, 15) is 4.79 Å². The molecule has 1 fully saturated rings. The Labute approximate surface area is 137 Å². The van der Waals surface area contributed by atoms with Gasteiger partial charge < -0.3 is 4.98 Å². The van der Waals surface area contributed by atoms with Gasteiger partial charge in [0.1, 0.15) is 10.3 Å². The standard InChI is InChI=1S/C14H21BrN2OS2/c1-7(2)5-10-12(15)14(18)17-13(16-10)11-6-19-8(3)9(4)20-11/h7-9,11H,5-6H2,1-4H3,(H,16,17,18). The lowest BCUT2D eigenvalue weighted by Gasteiger charge is -2.30. The number of aromatic nitrogens is 2. The summed E-state index contributed by atoms with van der Waals surface area (Å²) in [5.74, 6) is 2.34. The second-order valence-corrected chi connectivity index (χ2v) is 9.47. The molecule has 2 heterocycles. The number of nitrogens with zero attached hydrogens (tertiary/aromatic N) is 1. The van der Waals surface area contributed by atoms with Gasteiger partial charge in [-0.25, -0.2) is 4.98 Å². The maximum atomic E-state index is 12.1. The topological polar surface area (TPSA) is 45.8 Å². The normalized spacial score (nSPS) is 27.0. The molecule has 0 spiro atoms. The molecule has 1 N–H and O–H groups in total. The Morgan fingerprint density at radius 3 is 2.70 bits per heavy atom. The maximum Gasteiger partial charge on any atom is 0.265 e. The molecule has 0 aromatic carbocycles. The molecule has 2 rings (SSSR count). The Balaban J connectivity index is 2.28. The van der Waals surface area contributed by atoms with Crippen molar-refractivity contribution in [3.05, 3.63) is 26.3 Å². The molecule has 0 aliphatic carbocycles. The highest BCUT2D eigenvalue weighted by Crippen LogP contribution is 2.43. The molecule has 3 atom stereocenters. The fourth-order valence-electron chi connectivity index (χ4n) is 2.13. The lowest BCUT2D eigenvalue weighted by Crippen LogP contribution is -2.25.